The largest absolute Gasteiger partial charge is 0.489 e. The van der Waals surface area contributed by atoms with Gasteiger partial charge in [-0.25, -0.2) is 4.39 Å². The average Bonchev–Trinajstić information content (AvgIpc) is 2.29. The van der Waals surface area contributed by atoms with E-state index in [0.29, 0.717) is 6.42 Å². The van der Waals surface area contributed by atoms with Crippen molar-refractivity contribution < 1.29 is 18.6 Å². The molecule has 1 unspecified atom stereocenters. The van der Waals surface area contributed by atoms with Gasteiger partial charge in [0, 0.05) is 12.6 Å². The monoisotopic (exact) mass is 231 g/mol. The molecule has 0 aliphatic rings. The molecule has 0 heterocycles. The molecule has 0 saturated heterocycles. The van der Waals surface area contributed by atoms with Gasteiger partial charge >= 0.3 is 0 Å². The average molecular weight is 231 g/mol. The van der Waals surface area contributed by atoms with E-state index in [1.54, 1.807) is 7.05 Å². The van der Waals surface area contributed by atoms with Gasteiger partial charge < -0.3 is 15.2 Å². The van der Waals surface area contributed by atoms with E-state index in [1.807, 2.05) is 0 Å². The highest BCUT2D eigenvalue weighted by atomic mass is 19.2. The van der Waals surface area contributed by atoms with E-state index in [0.717, 1.165) is 6.07 Å². The molecule has 0 aliphatic heterocycles. The fraction of sp³-hybridized carbons (Fsp3) is 0.455. The lowest BCUT2D eigenvalue weighted by Gasteiger charge is -2.16. The van der Waals surface area contributed by atoms with E-state index in [-0.39, 0.29) is 25.0 Å². The van der Waals surface area contributed by atoms with Crippen LogP contribution in [0.3, 0.4) is 0 Å². The van der Waals surface area contributed by atoms with E-state index >= 15 is 0 Å². The predicted octanol–water partition coefficient (Wildman–Crippen LogP) is 1.31. The zero-order valence-corrected chi connectivity index (χ0v) is 9.04. The van der Waals surface area contributed by atoms with Gasteiger partial charge in [0.2, 0.25) is 5.82 Å². The quantitative estimate of drug-likeness (QED) is 0.775. The standard InChI is InChI=1S/C11H15F2NO2/c1-14-8(5-6-15)7-16-10-4-2-3-9(12)11(10)13/h2-4,8,14-15H,5-7H2,1H3. The number of likely N-dealkylation sites (N-methyl/N-ethyl adjacent to an activating group) is 1. The van der Waals surface area contributed by atoms with Crippen molar-refractivity contribution in [3.8, 4) is 5.75 Å². The SMILES string of the molecule is CNC(CCO)COc1cccc(F)c1F. The molecule has 0 aromatic heterocycles. The minimum Gasteiger partial charge on any atom is -0.489 e. The van der Waals surface area contributed by atoms with Crippen molar-refractivity contribution in [3.05, 3.63) is 29.8 Å². The van der Waals surface area contributed by atoms with Crippen molar-refractivity contribution >= 4 is 0 Å². The summed E-state index contributed by atoms with van der Waals surface area (Å²) in [6.45, 7) is 0.192. The fourth-order valence-electron chi connectivity index (χ4n) is 1.25. The van der Waals surface area contributed by atoms with Crippen LogP contribution < -0.4 is 10.1 Å². The molecule has 0 bridgehead atoms. The van der Waals surface area contributed by atoms with Gasteiger partial charge in [0.25, 0.3) is 0 Å². The number of ether oxygens (including phenoxy) is 1. The highest BCUT2D eigenvalue weighted by molar-refractivity contribution is 5.25. The molecular formula is C11H15F2NO2. The van der Waals surface area contributed by atoms with Crippen molar-refractivity contribution in [3.63, 3.8) is 0 Å². The molecule has 0 fully saturated rings. The lowest BCUT2D eigenvalue weighted by Crippen LogP contribution is -2.32. The van der Waals surface area contributed by atoms with Crippen LogP contribution >= 0.6 is 0 Å². The first kappa shape index (κ1) is 12.9. The first-order chi connectivity index (χ1) is 7.69. The Morgan fingerprint density at radius 3 is 2.81 bits per heavy atom. The van der Waals surface area contributed by atoms with Crippen LogP contribution in [0.5, 0.6) is 5.75 Å². The van der Waals surface area contributed by atoms with Gasteiger partial charge in [0.05, 0.1) is 0 Å². The summed E-state index contributed by atoms with van der Waals surface area (Å²) in [4.78, 5) is 0. The molecule has 0 aliphatic carbocycles. The number of benzene rings is 1. The van der Waals surface area contributed by atoms with Crippen LogP contribution in [0.25, 0.3) is 0 Å². The molecule has 3 nitrogen and oxygen atoms in total. The number of rotatable bonds is 6. The summed E-state index contributed by atoms with van der Waals surface area (Å²) >= 11 is 0. The van der Waals surface area contributed by atoms with Gasteiger partial charge in [-0.15, -0.1) is 0 Å². The first-order valence-corrected chi connectivity index (χ1v) is 5.04. The maximum atomic E-state index is 13.2. The van der Waals surface area contributed by atoms with Crippen LogP contribution in [-0.2, 0) is 0 Å². The lowest BCUT2D eigenvalue weighted by atomic mass is 10.2. The summed E-state index contributed by atoms with van der Waals surface area (Å²) < 4.78 is 31.1. The Morgan fingerprint density at radius 2 is 2.19 bits per heavy atom. The number of halogens is 2. The van der Waals surface area contributed by atoms with Crippen molar-refractivity contribution in [2.24, 2.45) is 0 Å². The number of hydrogen-bond donors (Lipinski definition) is 2. The zero-order valence-electron chi connectivity index (χ0n) is 9.04. The Hall–Kier alpha value is -1.20. The van der Waals surface area contributed by atoms with Crippen molar-refractivity contribution in [1.82, 2.24) is 5.32 Å². The Kier molecular flexibility index (Phi) is 5.14. The van der Waals surface area contributed by atoms with Gasteiger partial charge in [-0.05, 0) is 25.6 Å². The number of nitrogens with one attached hydrogen (secondary N) is 1. The Morgan fingerprint density at radius 1 is 1.44 bits per heavy atom. The predicted molar refractivity (Wildman–Crippen MR) is 56.4 cm³/mol. The van der Waals surface area contributed by atoms with Crippen LogP contribution in [0.1, 0.15) is 6.42 Å². The molecule has 0 saturated carbocycles. The Labute approximate surface area is 93.0 Å². The minimum atomic E-state index is -0.985. The maximum Gasteiger partial charge on any atom is 0.200 e. The second-order valence-corrected chi connectivity index (χ2v) is 3.36. The molecule has 1 aromatic carbocycles. The number of hydrogen-bond acceptors (Lipinski definition) is 3. The summed E-state index contributed by atoms with van der Waals surface area (Å²) in [5.41, 5.74) is 0. The van der Waals surface area contributed by atoms with E-state index in [9.17, 15) is 8.78 Å². The van der Waals surface area contributed by atoms with Gasteiger partial charge in [0.15, 0.2) is 11.6 Å². The molecular weight excluding hydrogens is 216 g/mol. The molecule has 0 amide bonds. The summed E-state index contributed by atoms with van der Waals surface area (Å²) in [5, 5.41) is 11.6. The Balaban J connectivity index is 2.56. The minimum absolute atomic E-state index is 0.0144. The van der Waals surface area contributed by atoms with Crippen molar-refractivity contribution in [2.75, 3.05) is 20.3 Å². The van der Waals surface area contributed by atoms with Crippen LogP contribution in [0.15, 0.2) is 18.2 Å². The second kappa shape index (κ2) is 6.40. The van der Waals surface area contributed by atoms with Gasteiger partial charge in [-0.3, -0.25) is 0 Å². The van der Waals surface area contributed by atoms with Crippen LogP contribution in [0, 0.1) is 11.6 Å². The summed E-state index contributed by atoms with van der Waals surface area (Å²) in [5.74, 6) is -2.03. The van der Waals surface area contributed by atoms with Gasteiger partial charge in [-0.1, -0.05) is 6.07 Å². The molecule has 90 valence electrons. The van der Waals surface area contributed by atoms with E-state index < -0.39 is 11.6 Å². The smallest absolute Gasteiger partial charge is 0.200 e. The zero-order chi connectivity index (χ0) is 12.0. The lowest BCUT2D eigenvalue weighted by molar-refractivity contribution is 0.213. The highest BCUT2D eigenvalue weighted by Crippen LogP contribution is 2.19. The first-order valence-electron chi connectivity index (χ1n) is 5.04. The molecule has 16 heavy (non-hydrogen) atoms. The summed E-state index contributed by atoms with van der Waals surface area (Å²) in [6, 6.07) is 3.69. The van der Waals surface area contributed by atoms with Crippen molar-refractivity contribution in [1.29, 1.82) is 0 Å². The molecule has 2 N–H and O–H groups in total. The Bertz CT molecular complexity index is 334. The second-order valence-electron chi connectivity index (χ2n) is 3.36. The molecule has 0 radical (unpaired) electrons. The molecule has 1 aromatic rings. The van der Waals surface area contributed by atoms with Gasteiger partial charge in [0.1, 0.15) is 6.61 Å². The van der Waals surface area contributed by atoms with E-state index in [2.05, 4.69) is 5.32 Å². The number of aliphatic hydroxyl groups is 1. The van der Waals surface area contributed by atoms with Crippen LogP contribution in [-0.4, -0.2) is 31.4 Å². The fourth-order valence-corrected chi connectivity index (χ4v) is 1.25. The maximum absolute atomic E-state index is 13.2. The van der Waals surface area contributed by atoms with Crippen molar-refractivity contribution in [2.45, 2.75) is 12.5 Å². The van der Waals surface area contributed by atoms with Crippen LogP contribution in [0.4, 0.5) is 8.78 Å². The topological polar surface area (TPSA) is 41.5 Å². The third kappa shape index (κ3) is 3.43. The molecule has 1 atom stereocenters. The number of aliphatic hydroxyl groups excluding tert-OH is 1. The highest BCUT2D eigenvalue weighted by Gasteiger charge is 2.11. The summed E-state index contributed by atoms with van der Waals surface area (Å²) in [7, 11) is 1.71. The third-order valence-electron chi connectivity index (χ3n) is 2.24. The van der Waals surface area contributed by atoms with E-state index in [1.165, 1.54) is 12.1 Å². The molecule has 0 spiro atoms. The normalized spacial score (nSPS) is 12.5. The summed E-state index contributed by atoms with van der Waals surface area (Å²) in [6.07, 6.45) is 0.493. The van der Waals surface area contributed by atoms with E-state index in [4.69, 9.17) is 9.84 Å². The van der Waals surface area contributed by atoms with Gasteiger partial charge in [-0.2, -0.15) is 4.39 Å². The molecule has 1 rings (SSSR count). The molecule has 5 heteroatoms. The third-order valence-corrected chi connectivity index (χ3v) is 2.24. The van der Waals surface area contributed by atoms with Crippen LogP contribution in [0.2, 0.25) is 0 Å².